The third kappa shape index (κ3) is 6.06. The molecule has 0 fully saturated rings. The van der Waals surface area contributed by atoms with Gasteiger partial charge in [-0.15, -0.1) is 0 Å². The Morgan fingerprint density at radius 3 is 2.00 bits per heavy atom. The molecule has 2 N–H and O–H groups in total. The van der Waals surface area contributed by atoms with Crippen LogP contribution >= 0.6 is 0 Å². The minimum Gasteiger partial charge on any atom is -0.378 e. The molecular weight excluding hydrogens is 359 g/mol. The molecule has 6 nitrogen and oxygen atoms in total. The highest BCUT2D eigenvalue weighted by atomic mass is 19.1. The summed E-state index contributed by atoms with van der Waals surface area (Å²) in [6, 6.07) is 13.7. The van der Waals surface area contributed by atoms with Crippen LogP contribution in [0, 0.1) is 5.82 Å². The standard InChI is InChI=1S/C21H27FN4O2/c1-25(2)18-11-7-16(8-12-18)19(26(3)4)14-24-21(28)20(27)23-13-15-5-9-17(22)10-6-15/h5-12,19H,13-14H2,1-4H3,(H,23,27)(H,24,28). The zero-order chi connectivity index (χ0) is 20.7. The van der Waals surface area contributed by atoms with E-state index in [0.29, 0.717) is 6.54 Å². The van der Waals surface area contributed by atoms with Crippen molar-refractivity contribution in [3.63, 3.8) is 0 Å². The first-order valence-electron chi connectivity index (χ1n) is 9.02. The summed E-state index contributed by atoms with van der Waals surface area (Å²) in [7, 11) is 7.79. The first kappa shape index (κ1) is 21.4. The second-order valence-corrected chi connectivity index (χ2v) is 6.98. The van der Waals surface area contributed by atoms with Crippen molar-refractivity contribution >= 4 is 17.5 Å². The van der Waals surface area contributed by atoms with E-state index in [1.165, 1.54) is 12.1 Å². The van der Waals surface area contributed by atoms with Crippen LogP contribution in [0.25, 0.3) is 0 Å². The molecule has 2 aromatic rings. The van der Waals surface area contributed by atoms with Gasteiger partial charge in [-0.3, -0.25) is 9.59 Å². The maximum Gasteiger partial charge on any atom is 0.309 e. The van der Waals surface area contributed by atoms with E-state index in [2.05, 4.69) is 10.6 Å². The lowest BCUT2D eigenvalue weighted by molar-refractivity contribution is -0.139. The van der Waals surface area contributed by atoms with Gasteiger partial charge in [-0.25, -0.2) is 4.39 Å². The molecule has 0 aliphatic carbocycles. The van der Waals surface area contributed by atoms with E-state index in [1.54, 1.807) is 12.1 Å². The molecule has 7 heteroatoms. The van der Waals surface area contributed by atoms with Crippen LogP contribution in [-0.2, 0) is 16.1 Å². The van der Waals surface area contributed by atoms with Crippen molar-refractivity contribution in [3.05, 3.63) is 65.5 Å². The largest absolute Gasteiger partial charge is 0.378 e. The van der Waals surface area contributed by atoms with Gasteiger partial charge in [0.25, 0.3) is 0 Å². The van der Waals surface area contributed by atoms with Crippen molar-refractivity contribution < 1.29 is 14.0 Å². The molecule has 1 unspecified atom stereocenters. The summed E-state index contributed by atoms with van der Waals surface area (Å²) in [6.45, 7) is 0.465. The number of nitrogens with zero attached hydrogens (tertiary/aromatic N) is 2. The number of carbonyl (C=O) groups excluding carboxylic acids is 2. The number of halogens is 1. The Kier molecular flexibility index (Phi) is 7.52. The Morgan fingerprint density at radius 1 is 0.893 bits per heavy atom. The summed E-state index contributed by atoms with van der Waals surface area (Å²) in [5, 5.41) is 5.22. The number of carbonyl (C=O) groups is 2. The van der Waals surface area contributed by atoms with Crippen molar-refractivity contribution in [1.29, 1.82) is 0 Å². The number of rotatable bonds is 7. The van der Waals surface area contributed by atoms with Gasteiger partial charge in [0.2, 0.25) is 0 Å². The average molecular weight is 386 g/mol. The van der Waals surface area contributed by atoms with Gasteiger partial charge >= 0.3 is 11.8 Å². The highest BCUT2D eigenvalue weighted by Crippen LogP contribution is 2.20. The predicted molar refractivity (Wildman–Crippen MR) is 108 cm³/mol. The summed E-state index contributed by atoms with van der Waals surface area (Å²) in [4.78, 5) is 28.1. The van der Waals surface area contributed by atoms with E-state index in [-0.39, 0.29) is 18.4 Å². The molecule has 28 heavy (non-hydrogen) atoms. The Morgan fingerprint density at radius 2 is 1.46 bits per heavy atom. The highest BCUT2D eigenvalue weighted by Gasteiger charge is 2.18. The van der Waals surface area contributed by atoms with Crippen LogP contribution in [0.2, 0.25) is 0 Å². The first-order chi connectivity index (χ1) is 13.3. The second-order valence-electron chi connectivity index (χ2n) is 6.98. The Hall–Kier alpha value is -2.93. The minimum atomic E-state index is -0.718. The van der Waals surface area contributed by atoms with E-state index < -0.39 is 11.8 Å². The Bertz CT molecular complexity index is 789. The van der Waals surface area contributed by atoms with Crippen LogP contribution in [0.3, 0.4) is 0 Å². The van der Waals surface area contributed by atoms with E-state index in [9.17, 15) is 14.0 Å². The van der Waals surface area contributed by atoms with Gasteiger partial charge in [0.05, 0.1) is 6.04 Å². The number of likely N-dealkylation sites (N-methyl/N-ethyl adjacent to an activating group) is 1. The van der Waals surface area contributed by atoms with Gasteiger partial charge in [0.1, 0.15) is 5.82 Å². The number of benzene rings is 2. The molecule has 2 amide bonds. The summed E-state index contributed by atoms with van der Waals surface area (Å²) in [5.74, 6) is -1.76. The molecule has 0 saturated heterocycles. The van der Waals surface area contributed by atoms with Gasteiger partial charge in [0, 0.05) is 32.9 Å². The third-order valence-corrected chi connectivity index (χ3v) is 4.45. The van der Waals surface area contributed by atoms with Crippen LogP contribution < -0.4 is 15.5 Å². The van der Waals surface area contributed by atoms with E-state index >= 15 is 0 Å². The van der Waals surface area contributed by atoms with Gasteiger partial charge in [0.15, 0.2) is 0 Å². The number of hydrogen-bond acceptors (Lipinski definition) is 4. The monoisotopic (exact) mass is 386 g/mol. The summed E-state index contributed by atoms with van der Waals surface area (Å²) >= 11 is 0. The number of hydrogen-bond donors (Lipinski definition) is 2. The topological polar surface area (TPSA) is 64.7 Å². The summed E-state index contributed by atoms with van der Waals surface area (Å²) < 4.78 is 12.9. The first-order valence-corrected chi connectivity index (χ1v) is 9.02. The molecule has 0 spiro atoms. The minimum absolute atomic E-state index is 0.0648. The van der Waals surface area contributed by atoms with Crippen molar-refractivity contribution in [2.45, 2.75) is 12.6 Å². The van der Waals surface area contributed by atoms with Gasteiger partial charge < -0.3 is 20.4 Å². The Balaban J connectivity index is 1.90. The zero-order valence-corrected chi connectivity index (χ0v) is 16.7. The molecular formula is C21H27FN4O2. The zero-order valence-electron chi connectivity index (χ0n) is 16.7. The molecule has 0 aliphatic rings. The van der Waals surface area contributed by atoms with Crippen LogP contribution in [0.4, 0.5) is 10.1 Å². The van der Waals surface area contributed by atoms with Gasteiger partial charge in [-0.2, -0.15) is 0 Å². The number of amides is 2. The van der Waals surface area contributed by atoms with Crippen LogP contribution in [0.1, 0.15) is 17.2 Å². The van der Waals surface area contributed by atoms with Crippen LogP contribution in [0.5, 0.6) is 0 Å². The van der Waals surface area contributed by atoms with Crippen molar-refractivity contribution in [1.82, 2.24) is 15.5 Å². The van der Waals surface area contributed by atoms with Gasteiger partial charge in [-0.05, 0) is 49.5 Å². The third-order valence-electron chi connectivity index (χ3n) is 4.45. The van der Waals surface area contributed by atoms with E-state index in [1.807, 2.05) is 62.3 Å². The maximum absolute atomic E-state index is 12.9. The quantitative estimate of drug-likeness (QED) is 0.714. The molecule has 0 heterocycles. The number of anilines is 1. The molecule has 0 radical (unpaired) electrons. The molecule has 0 bridgehead atoms. The molecule has 0 aromatic heterocycles. The maximum atomic E-state index is 12.9. The fourth-order valence-electron chi connectivity index (χ4n) is 2.73. The number of nitrogens with one attached hydrogen (secondary N) is 2. The van der Waals surface area contributed by atoms with Crippen LogP contribution in [0.15, 0.2) is 48.5 Å². The predicted octanol–water partition coefficient (Wildman–Crippen LogP) is 1.93. The molecule has 2 rings (SSSR count). The lowest BCUT2D eigenvalue weighted by Crippen LogP contribution is -2.42. The molecule has 0 saturated carbocycles. The molecule has 0 aliphatic heterocycles. The lowest BCUT2D eigenvalue weighted by atomic mass is 10.1. The second kappa shape index (κ2) is 9.85. The fourth-order valence-corrected chi connectivity index (χ4v) is 2.73. The SMILES string of the molecule is CN(C)c1ccc(C(CNC(=O)C(=O)NCc2ccc(F)cc2)N(C)C)cc1. The molecule has 2 aromatic carbocycles. The molecule has 150 valence electrons. The lowest BCUT2D eigenvalue weighted by Gasteiger charge is -2.25. The normalized spacial score (nSPS) is 11.8. The van der Waals surface area contributed by atoms with Gasteiger partial charge in [-0.1, -0.05) is 24.3 Å². The highest BCUT2D eigenvalue weighted by molar-refractivity contribution is 6.35. The van der Waals surface area contributed by atoms with E-state index in [4.69, 9.17) is 0 Å². The Labute approximate surface area is 165 Å². The summed E-state index contributed by atoms with van der Waals surface area (Å²) in [5.41, 5.74) is 2.85. The van der Waals surface area contributed by atoms with Crippen molar-refractivity contribution in [2.75, 3.05) is 39.6 Å². The van der Waals surface area contributed by atoms with E-state index in [0.717, 1.165) is 16.8 Å². The average Bonchev–Trinajstić information content (AvgIpc) is 2.67. The molecule has 1 atom stereocenters. The fraction of sp³-hybridized carbons (Fsp3) is 0.333. The van der Waals surface area contributed by atoms with Crippen LogP contribution in [-0.4, -0.2) is 51.4 Å². The summed E-state index contributed by atoms with van der Waals surface area (Å²) in [6.07, 6.45) is 0. The van der Waals surface area contributed by atoms with Crippen molar-refractivity contribution in [2.24, 2.45) is 0 Å². The smallest absolute Gasteiger partial charge is 0.309 e. The van der Waals surface area contributed by atoms with Crippen molar-refractivity contribution in [3.8, 4) is 0 Å².